The molecule has 1 heterocycles. The van der Waals surface area contributed by atoms with Gasteiger partial charge in [-0.1, -0.05) is 55.4 Å². The predicted octanol–water partition coefficient (Wildman–Crippen LogP) is 7.07. The van der Waals surface area contributed by atoms with Crippen molar-refractivity contribution in [2.24, 2.45) is 0 Å². The number of rotatable bonds is 6. The van der Waals surface area contributed by atoms with Gasteiger partial charge in [0, 0.05) is 15.6 Å². The third-order valence-corrected chi connectivity index (χ3v) is 7.01. The van der Waals surface area contributed by atoms with E-state index in [1.165, 1.54) is 16.7 Å². The minimum Gasteiger partial charge on any atom is -0.350 e. The van der Waals surface area contributed by atoms with Crippen molar-refractivity contribution in [3.63, 3.8) is 0 Å². The van der Waals surface area contributed by atoms with Crippen LogP contribution in [0.3, 0.4) is 0 Å². The van der Waals surface area contributed by atoms with Crippen LogP contribution in [0.5, 0.6) is 0 Å². The van der Waals surface area contributed by atoms with Crippen LogP contribution in [-0.2, 0) is 9.59 Å². The number of nitrogens with one attached hydrogen (secondary N) is 1. The Kier molecular flexibility index (Phi) is 6.63. The van der Waals surface area contributed by atoms with E-state index in [2.05, 4.69) is 19.2 Å². The van der Waals surface area contributed by atoms with Crippen LogP contribution in [0.15, 0.2) is 82.2 Å². The maximum atomic E-state index is 13.5. The molecule has 3 aromatic rings. The molecule has 168 valence electrons. The number of nitrogens with zero attached hydrogens (tertiary/aromatic N) is 1. The van der Waals surface area contributed by atoms with Crippen LogP contribution in [0, 0.1) is 13.8 Å². The van der Waals surface area contributed by atoms with Gasteiger partial charge >= 0.3 is 0 Å². The lowest BCUT2D eigenvalue weighted by atomic mass is 10.0. The van der Waals surface area contributed by atoms with Crippen LogP contribution in [0.25, 0.3) is 0 Å². The minimum absolute atomic E-state index is 0.274. The van der Waals surface area contributed by atoms with Crippen molar-refractivity contribution in [1.29, 1.82) is 0 Å². The summed E-state index contributed by atoms with van der Waals surface area (Å²) < 4.78 is 0. The van der Waals surface area contributed by atoms with Gasteiger partial charge in [-0.15, -0.1) is 0 Å². The maximum Gasteiger partial charge on any atom is 0.283 e. The summed E-state index contributed by atoms with van der Waals surface area (Å²) >= 11 is 7.28. The fourth-order valence-corrected chi connectivity index (χ4v) is 4.59. The second-order valence-electron chi connectivity index (χ2n) is 8.38. The Labute approximate surface area is 203 Å². The Bertz CT molecular complexity index is 1250. The lowest BCUT2D eigenvalue weighted by Crippen LogP contribution is -2.32. The largest absolute Gasteiger partial charge is 0.350 e. The molecule has 0 aliphatic carbocycles. The van der Waals surface area contributed by atoms with E-state index in [1.807, 2.05) is 68.4 Å². The maximum absolute atomic E-state index is 13.5. The molecule has 4 rings (SSSR count). The first-order valence-electron chi connectivity index (χ1n) is 10.8. The Balaban J connectivity index is 1.72. The van der Waals surface area contributed by atoms with Crippen molar-refractivity contribution in [2.75, 3.05) is 10.2 Å². The summed E-state index contributed by atoms with van der Waals surface area (Å²) in [5.41, 5.74) is 5.00. The zero-order chi connectivity index (χ0) is 23.7. The van der Waals surface area contributed by atoms with Gasteiger partial charge in [-0.25, -0.2) is 4.90 Å². The van der Waals surface area contributed by atoms with Crippen LogP contribution >= 0.6 is 23.4 Å². The molecule has 3 aromatic carbocycles. The van der Waals surface area contributed by atoms with Gasteiger partial charge in [0.2, 0.25) is 0 Å². The number of carbonyl (C=O) groups excluding carboxylic acids is 2. The highest BCUT2D eigenvalue weighted by atomic mass is 35.5. The summed E-state index contributed by atoms with van der Waals surface area (Å²) in [4.78, 5) is 29.4. The average Bonchev–Trinajstić information content (AvgIpc) is 3.01. The molecular weight excluding hydrogens is 452 g/mol. The number of aryl methyl sites for hydroxylation is 2. The van der Waals surface area contributed by atoms with Gasteiger partial charge < -0.3 is 5.32 Å². The third kappa shape index (κ3) is 4.85. The standard InChI is InChI=1S/C27H25ClN2O2S/c1-16(2)19-6-11-22(12-7-19)30-26(31)24(29-21-10-5-17(3)18(4)15-21)25(27(30)32)33-23-13-8-20(28)9-14-23/h5-16,29H,1-4H3. The van der Waals surface area contributed by atoms with Gasteiger partial charge in [-0.05, 0) is 85.0 Å². The Hall–Kier alpha value is -3.02. The van der Waals surface area contributed by atoms with Crippen LogP contribution < -0.4 is 10.2 Å². The van der Waals surface area contributed by atoms with E-state index in [1.54, 1.807) is 12.1 Å². The molecule has 0 unspecified atom stereocenters. The highest BCUT2D eigenvalue weighted by Crippen LogP contribution is 2.38. The van der Waals surface area contributed by atoms with E-state index < -0.39 is 0 Å². The second-order valence-corrected chi connectivity index (χ2v) is 9.90. The number of carbonyl (C=O) groups is 2. The van der Waals surface area contributed by atoms with Crippen LogP contribution in [0.1, 0.15) is 36.5 Å². The summed E-state index contributed by atoms with van der Waals surface area (Å²) in [5.74, 6) is -0.351. The zero-order valence-corrected chi connectivity index (χ0v) is 20.6. The third-order valence-electron chi connectivity index (χ3n) is 5.67. The topological polar surface area (TPSA) is 49.4 Å². The van der Waals surface area contributed by atoms with E-state index in [4.69, 9.17) is 11.6 Å². The molecule has 6 heteroatoms. The van der Waals surface area contributed by atoms with Gasteiger partial charge in [0.1, 0.15) is 10.6 Å². The van der Waals surface area contributed by atoms with Gasteiger partial charge in [-0.3, -0.25) is 9.59 Å². The van der Waals surface area contributed by atoms with Crippen LogP contribution in [-0.4, -0.2) is 11.8 Å². The molecule has 33 heavy (non-hydrogen) atoms. The lowest BCUT2D eigenvalue weighted by Gasteiger charge is -2.16. The highest BCUT2D eigenvalue weighted by Gasteiger charge is 2.40. The van der Waals surface area contributed by atoms with Gasteiger partial charge in [-0.2, -0.15) is 0 Å². The van der Waals surface area contributed by atoms with Gasteiger partial charge in [0.25, 0.3) is 11.8 Å². The van der Waals surface area contributed by atoms with Crippen LogP contribution in [0.4, 0.5) is 11.4 Å². The van der Waals surface area contributed by atoms with Gasteiger partial charge in [0.05, 0.1) is 5.69 Å². The molecule has 0 bridgehead atoms. The number of hydrogen-bond donors (Lipinski definition) is 1. The van der Waals surface area contributed by atoms with Crippen molar-refractivity contribution >= 4 is 46.6 Å². The second kappa shape index (κ2) is 9.46. The van der Waals surface area contributed by atoms with Crippen molar-refractivity contribution in [3.05, 3.63) is 99.0 Å². The molecule has 0 spiro atoms. The molecule has 0 fully saturated rings. The molecule has 0 saturated heterocycles. The number of amides is 2. The highest BCUT2D eigenvalue weighted by molar-refractivity contribution is 8.04. The Morgan fingerprint density at radius 3 is 2.12 bits per heavy atom. The van der Waals surface area contributed by atoms with Crippen LogP contribution in [0.2, 0.25) is 5.02 Å². The molecule has 2 amide bonds. The molecule has 1 N–H and O–H groups in total. The Morgan fingerprint density at radius 2 is 1.52 bits per heavy atom. The number of imide groups is 1. The normalized spacial score (nSPS) is 13.9. The van der Waals surface area contributed by atoms with Crippen molar-refractivity contribution in [1.82, 2.24) is 0 Å². The van der Waals surface area contributed by atoms with E-state index in [-0.39, 0.29) is 17.5 Å². The molecule has 0 atom stereocenters. The molecule has 1 aliphatic heterocycles. The summed E-state index contributed by atoms with van der Waals surface area (Å²) in [7, 11) is 0. The van der Waals surface area contributed by atoms with Crippen molar-refractivity contribution in [2.45, 2.75) is 38.5 Å². The molecule has 1 aliphatic rings. The summed E-state index contributed by atoms with van der Waals surface area (Å²) in [6, 6.07) is 20.7. The number of anilines is 2. The van der Waals surface area contributed by atoms with E-state index >= 15 is 0 Å². The molecule has 0 aromatic heterocycles. The predicted molar refractivity (Wildman–Crippen MR) is 137 cm³/mol. The first-order chi connectivity index (χ1) is 15.7. The summed E-state index contributed by atoms with van der Waals surface area (Å²) in [5, 5.41) is 3.83. The monoisotopic (exact) mass is 476 g/mol. The first-order valence-corrected chi connectivity index (χ1v) is 11.9. The molecular formula is C27H25ClN2O2S. The number of benzene rings is 3. The SMILES string of the molecule is Cc1ccc(NC2=C(Sc3ccc(Cl)cc3)C(=O)N(c3ccc(C(C)C)cc3)C2=O)cc1C. The zero-order valence-electron chi connectivity index (χ0n) is 19.0. The lowest BCUT2D eigenvalue weighted by molar-refractivity contribution is -0.120. The van der Waals surface area contributed by atoms with E-state index in [0.717, 1.165) is 27.3 Å². The fraction of sp³-hybridized carbons (Fsp3) is 0.185. The molecule has 0 saturated carbocycles. The molecule has 4 nitrogen and oxygen atoms in total. The summed E-state index contributed by atoms with van der Waals surface area (Å²) in [6.45, 7) is 8.26. The average molecular weight is 477 g/mol. The number of thioether (sulfide) groups is 1. The number of hydrogen-bond acceptors (Lipinski definition) is 4. The van der Waals surface area contributed by atoms with E-state index in [0.29, 0.717) is 21.5 Å². The quantitative estimate of drug-likeness (QED) is 0.386. The smallest absolute Gasteiger partial charge is 0.283 e. The van der Waals surface area contributed by atoms with Crippen molar-refractivity contribution in [3.8, 4) is 0 Å². The fourth-order valence-electron chi connectivity index (χ4n) is 3.54. The van der Waals surface area contributed by atoms with Crippen molar-refractivity contribution < 1.29 is 9.59 Å². The Morgan fingerprint density at radius 1 is 0.848 bits per heavy atom. The number of halogens is 1. The van der Waals surface area contributed by atoms with Gasteiger partial charge in [0.15, 0.2) is 0 Å². The first kappa shape index (κ1) is 23.1. The summed E-state index contributed by atoms with van der Waals surface area (Å²) in [6.07, 6.45) is 0. The minimum atomic E-state index is -0.369. The van der Waals surface area contributed by atoms with E-state index in [9.17, 15) is 9.59 Å². The molecule has 0 radical (unpaired) electrons.